The van der Waals surface area contributed by atoms with Gasteiger partial charge in [-0.25, -0.2) is 0 Å². The molecule has 8 nitrogen and oxygen atoms in total. The highest BCUT2D eigenvalue weighted by Crippen LogP contribution is 2.29. The van der Waals surface area contributed by atoms with Crippen molar-refractivity contribution in [2.75, 3.05) is 20.2 Å². The molecule has 0 aromatic carbocycles. The van der Waals surface area contributed by atoms with Crippen LogP contribution in [0.2, 0.25) is 0 Å². The van der Waals surface area contributed by atoms with Crippen molar-refractivity contribution in [3.8, 4) is 0 Å². The maximum atomic E-state index is 12.7. The minimum absolute atomic E-state index is 0.00307. The summed E-state index contributed by atoms with van der Waals surface area (Å²) in [5.74, 6) is 0.533. The lowest BCUT2D eigenvalue weighted by Crippen LogP contribution is -2.30. The van der Waals surface area contributed by atoms with Crippen LogP contribution in [0.1, 0.15) is 48.6 Å². The smallest absolute Gasteiger partial charge is 0.276 e. The number of methoxy groups -OCH3 is 1. The Bertz CT molecular complexity index is 674. The molecule has 3 rings (SSSR count). The van der Waals surface area contributed by atoms with Gasteiger partial charge in [0, 0.05) is 31.7 Å². The number of hydrogen-bond donors (Lipinski definition) is 1. The van der Waals surface area contributed by atoms with Crippen LogP contribution in [0.4, 0.5) is 0 Å². The summed E-state index contributed by atoms with van der Waals surface area (Å²) in [7, 11) is 1.64. The minimum atomic E-state index is -0.186. The van der Waals surface area contributed by atoms with Crippen LogP contribution >= 0.6 is 0 Å². The highest BCUT2D eigenvalue weighted by Gasteiger charge is 2.39. The molecule has 2 aromatic heterocycles. The number of aromatic amines is 1. The molecule has 0 spiro atoms. The number of likely N-dealkylation sites (tertiary alicyclic amines) is 1. The summed E-state index contributed by atoms with van der Waals surface area (Å²) in [6.07, 6.45) is 1.55. The fraction of sp³-hybridized carbons (Fsp3) is 0.600. The maximum absolute atomic E-state index is 12.7. The number of hydrogen-bond acceptors (Lipinski definition) is 6. The lowest BCUT2D eigenvalue weighted by molar-refractivity contribution is 0.0705. The van der Waals surface area contributed by atoms with Crippen molar-refractivity contribution in [2.24, 2.45) is 0 Å². The van der Waals surface area contributed by atoms with E-state index in [-0.39, 0.29) is 23.3 Å². The fourth-order valence-corrected chi connectivity index (χ4v) is 2.74. The molecule has 0 unspecified atom stereocenters. The van der Waals surface area contributed by atoms with Gasteiger partial charge in [-0.15, -0.1) is 0 Å². The lowest BCUT2D eigenvalue weighted by Gasteiger charge is -2.14. The van der Waals surface area contributed by atoms with Gasteiger partial charge in [-0.1, -0.05) is 25.9 Å². The first-order valence-corrected chi connectivity index (χ1v) is 7.55. The van der Waals surface area contributed by atoms with Gasteiger partial charge >= 0.3 is 0 Å². The highest BCUT2D eigenvalue weighted by molar-refractivity contribution is 5.92. The predicted molar refractivity (Wildman–Crippen MR) is 81.0 cm³/mol. The highest BCUT2D eigenvalue weighted by atomic mass is 16.5. The van der Waals surface area contributed by atoms with E-state index in [1.807, 2.05) is 20.8 Å². The van der Waals surface area contributed by atoms with E-state index in [0.29, 0.717) is 24.5 Å². The molecule has 1 amide bonds. The average molecular weight is 319 g/mol. The van der Waals surface area contributed by atoms with Crippen molar-refractivity contribution < 1.29 is 14.1 Å². The third-order valence-electron chi connectivity index (χ3n) is 4.14. The van der Waals surface area contributed by atoms with Crippen LogP contribution in [-0.2, 0) is 10.2 Å². The van der Waals surface area contributed by atoms with E-state index in [9.17, 15) is 4.79 Å². The quantitative estimate of drug-likeness (QED) is 0.917. The third kappa shape index (κ3) is 2.98. The first-order valence-electron chi connectivity index (χ1n) is 7.55. The molecule has 1 saturated heterocycles. The summed E-state index contributed by atoms with van der Waals surface area (Å²) in [6.45, 7) is 7.05. The monoisotopic (exact) mass is 319 g/mol. The van der Waals surface area contributed by atoms with Crippen molar-refractivity contribution in [3.05, 3.63) is 29.4 Å². The molecule has 0 saturated carbocycles. The second-order valence-electron chi connectivity index (χ2n) is 6.81. The number of aromatic nitrogens is 4. The van der Waals surface area contributed by atoms with E-state index < -0.39 is 0 Å². The normalized spacial score (nSPS) is 21.8. The van der Waals surface area contributed by atoms with E-state index in [2.05, 4.69) is 20.6 Å². The maximum Gasteiger partial charge on any atom is 0.276 e. The van der Waals surface area contributed by atoms with Crippen LogP contribution in [0.15, 0.2) is 16.8 Å². The predicted octanol–water partition coefficient (Wildman–Crippen LogP) is 1.34. The van der Waals surface area contributed by atoms with Crippen molar-refractivity contribution in [1.29, 1.82) is 0 Å². The number of amides is 1. The molecule has 1 N–H and O–H groups in total. The molecule has 2 atom stereocenters. The molecular formula is C15H21N5O3. The van der Waals surface area contributed by atoms with Crippen molar-refractivity contribution in [3.63, 3.8) is 0 Å². The molecule has 3 heterocycles. The number of carbonyl (C=O) groups is 1. The number of ether oxygens (including phenoxy) is 1. The van der Waals surface area contributed by atoms with Crippen LogP contribution in [0.3, 0.4) is 0 Å². The van der Waals surface area contributed by atoms with E-state index in [1.54, 1.807) is 24.3 Å². The van der Waals surface area contributed by atoms with Gasteiger partial charge < -0.3 is 14.2 Å². The molecule has 0 aliphatic carbocycles. The molecule has 124 valence electrons. The van der Waals surface area contributed by atoms with Crippen molar-refractivity contribution in [1.82, 2.24) is 25.5 Å². The third-order valence-corrected chi connectivity index (χ3v) is 4.14. The Labute approximate surface area is 134 Å². The van der Waals surface area contributed by atoms with Gasteiger partial charge in [0.2, 0.25) is 0 Å². The van der Waals surface area contributed by atoms with Crippen LogP contribution in [0.25, 0.3) is 0 Å². The van der Waals surface area contributed by atoms with Gasteiger partial charge in [0.25, 0.3) is 5.91 Å². The zero-order valence-corrected chi connectivity index (χ0v) is 13.7. The SMILES string of the molecule is CO[C@@H]1CN(C(=O)c2cc(C(C)(C)C)on2)C[C@H]1c1cn[nH]n1. The van der Waals surface area contributed by atoms with Crippen LogP contribution < -0.4 is 0 Å². The van der Waals surface area contributed by atoms with Gasteiger partial charge in [0.05, 0.1) is 23.9 Å². The lowest BCUT2D eigenvalue weighted by atomic mass is 9.93. The van der Waals surface area contributed by atoms with Crippen LogP contribution in [0, 0.1) is 0 Å². The summed E-state index contributed by atoms with van der Waals surface area (Å²) in [5, 5.41) is 14.5. The molecule has 1 aliphatic rings. The molecule has 0 radical (unpaired) electrons. The molecule has 8 heteroatoms. The summed E-state index contributed by atoms with van der Waals surface area (Å²) in [4.78, 5) is 14.4. The summed E-state index contributed by atoms with van der Waals surface area (Å²) >= 11 is 0. The van der Waals surface area contributed by atoms with Gasteiger partial charge in [-0.05, 0) is 0 Å². The number of rotatable bonds is 3. The Hall–Kier alpha value is -2.22. The Kier molecular flexibility index (Phi) is 3.93. The molecule has 2 aromatic rings. The van der Waals surface area contributed by atoms with Crippen LogP contribution in [-0.4, -0.2) is 57.7 Å². The largest absolute Gasteiger partial charge is 0.379 e. The second-order valence-corrected chi connectivity index (χ2v) is 6.81. The number of carbonyl (C=O) groups excluding carboxylic acids is 1. The Morgan fingerprint density at radius 2 is 2.22 bits per heavy atom. The van der Waals surface area contributed by atoms with Crippen molar-refractivity contribution >= 4 is 5.91 Å². The average Bonchev–Trinajstić information content (AvgIpc) is 3.23. The molecular weight excluding hydrogens is 298 g/mol. The standard InChI is InChI=1S/C15H21N5O3/c1-15(2,3)13-5-10(18-23-13)14(21)20-7-9(12(8-20)22-4)11-6-16-19-17-11/h5-6,9,12H,7-8H2,1-4H3,(H,16,17,19)/t9-,12+/m0/s1. The van der Waals surface area contributed by atoms with E-state index >= 15 is 0 Å². The zero-order valence-electron chi connectivity index (χ0n) is 13.7. The molecule has 1 aliphatic heterocycles. The van der Waals surface area contributed by atoms with Gasteiger partial charge in [0.15, 0.2) is 5.69 Å². The number of H-pyrrole nitrogens is 1. The zero-order chi connectivity index (χ0) is 16.6. The number of nitrogens with one attached hydrogen (secondary N) is 1. The summed E-state index contributed by atoms with van der Waals surface area (Å²) in [6, 6.07) is 1.72. The van der Waals surface area contributed by atoms with Gasteiger partial charge in [-0.3, -0.25) is 4.79 Å². The van der Waals surface area contributed by atoms with Gasteiger partial charge in [-0.2, -0.15) is 15.4 Å². The second kappa shape index (κ2) is 5.77. The Morgan fingerprint density at radius 1 is 1.43 bits per heavy atom. The molecule has 0 bridgehead atoms. The fourth-order valence-electron chi connectivity index (χ4n) is 2.74. The van der Waals surface area contributed by atoms with E-state index in [1.165, 1.54) is 0 Å². The minimum Gasteiger partial charge on any atom is -0.379 e. The topological polar surface area (TPSA) is 97.1 Å². The molecule has 1 fully saturated rings. The number of nitrogens with zero attached hydrogens (tertiary/aromatic N) is 4. The van der Waals surface area contributed by atoms with E-state index in [0.717, 1.165) is 5.69 Å². The first kappa shape index (κ1) is 15.7. The Morgan fingerprint density at radius 3 is 2.78 bits per heavy atom. The van der Waals surface area contributed by atoms with Crippen LogP contribution in [0.5, 0.6) is 0 Å². The van der Waals surface area contributed by atoms with Crippen molar-refractivity contribution in [2.45, 2.75) is 38.2 Å². The first-order chi connectivity index (χ1) is 10.9. The summed E-state index contributed by atoms with van der Waals surface area (Å²) in [5.41, 5.74) is 0.933. The summed E-state index contributed by atoms with van der Waals surface area (Å²) < 4.78 is 10.8. The molecule has 23 heavy (non-hydrogen) atoms. The van der Waals surface area contributed by atoms with E-state index in [4.69, 9.17) is 9.26 Å². The Balaban J connectivity index is 1.77. The van der Waals surface area contributed by atoms with Gasteiger partial charge in [0.1, 0.15) is 5.76 Å².